The summed E-state index contributed by atoms with van der Waals surface area (Å²) in [5, 5.41) is 0. The SMILES string of the molecule is CCC1=CC=CC1.[H-].[H-].[Sr+2]. The summed E-state index contributed by atoms with van der Waals surface area (Å²) in [4.78, 5) is 0. The molecule has 0 saturated heterocycles. The predicted molar refractivity (Wildman–Crippen MR) is 40.1 cm³/mol. The van der Waals surface area contributed by atoms with Crippen LogP contribution in [0.5, 0.6) is 0 Å². The Morgan fingerprint density at radius 3 is 2.75 bits per heavy atom. The van der Waals surface area contributed by atoms with Gasteiger partial charge in [-0.15, -0.1) is 0 Å². The molecule has 0 aromatic heterocycles. The van der Waals surface area contributed by atoms with Crippen LogP contribution in [0.1, 0.15) is 22.6 Å². The summed E-state index contributed by atoms with van der Waals surface area (Å²) < 4.78 is 0. The third-order valence-electron chi connectivity index (χ3n) is 1.30. The van der Waals surface area contributed by atoms with Gasteiger partial charge in [0, 0.05) is 0 Å². The summed E-state index contributed by atoms with van der Waals surface area (Å²) in [5.41, 5.74) is 1.56. The maximum Gasteiger partial charge on any atom is 2.00 e. The van der Waals surface area contributed by atoms with Gasteiger partial charge in [0.1, 0.15) is 0 Å². The zero-order valence-corrected chi connectivity index (χ0v) is 8.83. The molecule has 0 radical (unpaired) electrons. The fourth-order valence-electron chi connectivity index (χ4n) is 0.754. The standard InChI is InChI=1S/C7H10.Sr.2H/c1-2-7-5-3-4-6-7;;;/h3-5H,2,6H2,1H3;;;/q;+2;2*-1. The first-order valence-electron chi connectivity index (χ1n) is 2.78. The van der Waals surface area contributed by atoms with Crippen molar-refractivity contribution < 1.29 is 2.85 Å². The Balaban J connectivity index is -0.000000163. The van der Waals surface area contributed by atoms with Gasteiger partial charge in [-0.2, -0.15) is 0 Å². The first-order chi connectivity index (χ1) is 3.43. The largest absolute Gasteiger partial charge is 2.00 e. The fraction of sp³-hybridized carbons (Fsp3) is 0.429. The van der Waals surface area contributed by atoms with E-state index in [1.165, 1.54) is 12.8 Å². The minimum absolute atomic E-state index is 0. The van der Waals surface area contributed by atoms with Crippen molar-refractivity contribution in [2.75, 3.05) is 0 Å². The van der Waals surface area contributed by atoms with Crippen LogP contribution < -0.4 is 0 Å². The van der Waals surface area contributed by atoms with Gasteiger partial charge in [0.2, 0.25) is 0 Å². The van der Waals surface area contributed by atoms with Crippen LogP contribution in [0.2, 0.25) is 0 Å². The average Bonchev–Trinajstić information content (AvgIpc) is 2.14. The molecule has 0 atom stereocenters. The molecule has 0 aromatic rings. The molecule has 0 bridgehead atoms. The van der Waals surface area contributed by atoms with Gasteiger partial charge >= 0.3 is 45.5 Å². The van der Waals surface area contributed by atoms with Gasteiger partial charge in [-0.25, -0.2) is 0 Å². The van der Waals surface area contributed by atoms with E-state index in [1.807, 2.05) is 0 Å². The molecule has 0 nitrogen and oxygen atoms in total. The van der Waals surface area contributed by atoms with Crippen molar-refractivity contribution in [2.24, 2.45) is 0 Å². The van der Waals surface area contributed by atoms with E-state index in [1.54, 1.807) is 5.57 Å². The molecule has 0 amide bonds. The van der Waals surface area contributed by atoms with Crippen molar-refractivity contribution in [3.05, 3.63) is 23.8 Å². The minimum atomic E-state index is 0. The van der Waals surface area contributed by atoms with Crippen LogP contribution in [0, 0.1) is 0 Å². The van der Waals surface area contributed by atoms with E-state index < -0.39 is 0 Å². The third kappa shape index (κ3) is 2.49. The summed E-state index contributed by atoms with van der Waals surface area (Å²) in [6.07, 6.45) is 8.92. The van der Waals surface area contributed by atoms with E-state index in [4.69, 9.17) is 0 Å². The molecule has 0 spiro atoms. The van der Waals surface area contributed by atoms with Crippen molar-refractivity contribution in [1.29, 1.82) is 0 Å². The van der Waals surface area contributed by atoms with Crippen molar-refractivity contribution in [3.63, 3.8) is 0 Å². The Hall–Kier alpha value is 0.961. The molecule has 1 heteroatoms. The number of hydrogen-bond donors (Lipinski definition) is 0. The molecule has 1 rings (SSSR count). The Morgan fingerprint density at radius 2 is 2.50 bits per heavy atom. The Bertz CT molecular complexity index is 119. The van der Waals surface area contributed by atoms with E-state index in [-0.39, 0.29) is 48.3 Å². The molecule has 0 saturated carbocycles. The van der Waals surface area contributed by atoms with Gasteiger partial charge < -0.3 is 2.85 Å². The van der Waals surface area contributed by atoms with E-state index in [0.717, 1.165) is 0 Å². The van der Waals surface area contributed by atoms with Crippen molar-refractivity contribution in [2.45, 2.75) is 19.8 Å². The second-order valence-electron chi connectivity index (χ2n) is 1.81. The topological polar surface area (TPSA) is 0 Å². The second-order valence-corrected chi connectivity index (χ2v) is 1.81. The third-order valence-corrected chi connectivity index (χ3v) is 1.30. The monoisotopic (exact) mass is 184 g/mol. The maximum absolute atomic E-state index is 2.19. The summed E-state index contributed by atoms with van der Waals surface area (Å²) in [7, 11) is 0. The number of allylic oxidation sites excluding steroid dienone is 4. The van der Waals surface area contributed by atoms with Gasteiger partial charge in [0.15, 0.2) is 0 Å². The summed E-state index contributed by atoms with van der Waals surface area (Å²) in [6, 6.07) is 0. The summed E-state index contributed by atoms with van der Waals surface area (Å²) in [6.45, 7) is 2.19. The van der Waals surface area contributed by atoms with E-state index in [0.29, 0.717) is 0 Å². The number of hydrogen-bond acceptors (Lipinski definition) is 0. The second kappa shape index (κ2) is 4.80. The van der Waals surface area contributed by atoms with E-state index in [9.17, 15) is 0 Å². The number of rotatable bonds is 1. The predicted octanol–water partition coefficient (Wildman–Crippen LogP) is 2.13. The molecule has 0 unspecified atom stereocenters. The zero-order valence-electron chi connectivity index (χ0n) is 7.35. The van der Waals surface area contributed by atoms with Gasteiger partial charge in [-0.3, -0.25) is 0 Å². The maximum atomic E-state index is 2.19. The van der Waals surface area contributed by atoms with Gasteiger partial charge in [-0.1, -0.05) is 30.7 Å². The van der Waals surface area contributed by atoms with Crippen molar-refractivity contribution in [1.82, 2.24) is 0 Å². The molecule has 0 N–H and O–H groups in total. The first kappa shape index (κ1) is 8.96. The Labute approximate surface area is 90.9 Å². The molecule has 0 heterocycles. The van der Waals surface area contributed by atoms with Crippen LogP contribution in [0.15, 0.2) is 23.8 Å². The smallest absolute Gasteiger partial charge is 1.00 e. The molecular formula is C7H12Sr. The van der Waals surface area contributed by atoms with Gasteiger partial charge in [0.05, 0.1) is 0 Å². The first-order valence-corrected chi connectivity index (χ1v) is 2.78. The molecule has 42 valence electrons. The minimum Gasteiger partial charge on any atom is -1.00 e. The normalized spacial score (nSPS) is 15.4. The van der Waals surface area contributed by atoms with Gasteiger partial charge in [-0.05, 0) is 12.8 Å². The van der Waals surface area contributed by atoms with Crippen molar-refractivity contribution >= 4 is 45.5 Å². The summed E-state index contributed by atoms with van der Waals surface area (Å²) in [5.74, 6) is 0. The molecule has 0 aromatic carbocycles. The van der Waals surface area contributed by atoms with E-state index >= 15 is 0 Å². The molecule has 1 aliphatic rings. The Morgan fingerprint density at radius 1 is 1.75 bits per heavy atom. The fourth-order valence-corrected chi connectivity index (χ4v) is 0.754. The summed E-state index contributed by atoms with van der Waals surface area (Å²) >= 11 is 0. The molecule has 8 heavy (non-hydrogen) atoms. The Kier molecular flexibility index (Phi) is 5.38. The van der Waals surface area contributed by atoms with Crippen LogP contribution in [-0.4, -0.2) is 45.5 Å². The van der Waals surface area contributed by atoms with E-state index in [2.05, 4.69) is 25.2 Å². The molecule has 0 fully saturated rings. The zero-order chi connectivity index (χ0) is 5.11. The van der Waals surface area contributed by atoms with Crippen molar-refractivity contribution in [3.8, 4) is 0 Å². The van der Waals surface area contributed by atoms with Crippen LogP contribution >= 0.6 is 0 Å². The molecular weight excluding hydrogens is 172 g/mol. The van der Waals surface area contributed by atoms with Crippen LogP contribution in [0.4, 0.5) is 0 Å². The molecule has 0 aliphatic heterocycles. The van der Waals surface area contributed by atoms with Crippen LogP contribution in [0.25, 0.3) is 0 Å². The van der Waals surface area contributed by atoms with Gasteiger partial charge in [0.25, 0.3) is 0 Å². The van der Waals surface area contributed by atoms with Crippen LogP contribution in [0.3, 0.4) is 0 Å². The average molecular weight is 184 g/mol. The van der Waals surface area contributed by atoms with Crippen LogP contribution in [-0.2, 0) is 0 Å². The quantitative estimate of drug-likeness (QED) is 0.547. The molecule has 1 aliphatic carbocycles.